The van der Waals surface area contributed by atoms with Gasteiger partial charge in [-0.05, 0) is 83.5 Å². The van der Waals surface area contributed by atoms with E-state index in [1.165, 1.54) is 57.8 Å². The molecule has 0 aromatic heterocycles. The van der Waals surface area contributed by atoms with Crippen LogP contribution in [0.2, 0.25) is 0 Å². The highest BCUT2D eigenvalue weighted by molar-refractivity contribution is 5.71. The number of allylic oxidation sites excluding steroid dienone is 12. The van der Waals surface area contributed by atoms with Gasteiger partial charge in [0.1, 0.15) is 13.2 Å². The van der Waals surface area contributed by atoms with Crippen LogP contribution in [0.25, 0.3) is 0 Å². The predicted octanol–water partition coefficient (Wildman–Crippen LogP) is 14.7. The average Bonchev–Trinajstić information content (AvgIpc) is 3.19. The van der Waals surface area contributed by atoms with E-state index in [1.54, 1.807) is 0 Å². The molecule has 0 aliphatic heterocycles. The third kappa shape index (κ3) is 42.0. The molecule has 6 heteroatoms. The Bertz CT molecular complexity index is 1080. The monoisotopic (exact) mass is 781 g/mol. The second-order valence-corrected chi connectivity index (χ2v) is 15.0. The highest BCUT2D eigenvalue weighted by atomic mass is 16.6. The minimum Gasteiger partial charge on any atom is -0.462 e. The van der Waals surface area contributed by atoms with Gasteiger partial charge in [0.15, 0.2) is 6.10 Å². The Balaban J connectivity index is 4.44. The van der Waals surface area contributed by atoms with Crippen molar-refractivity contribution in [1.82, 2.24) is 0 Å². The molecule has 0 heterocycles. The number of ether oxygens (including phenoxy) is 3. The standard InChI is InChI=1S/C50H84O6/c1-4-7-10-13-16-19-22-24-25-27-28-31-34-37-40-43-49(52)55-46-47(45-54-48(51)42-39-36-33-30-21-18-15-12-9-6-3)56-50(53)44-41-38-35-32-29-26-23-20-17-14-11-8-5-2/h8,11,14-20,22-24,47H,4-7,9-10,12-13,21,25-46H2,1-3H3/b11-8-,17-14-,18-15-,19-16-,23-20-,24-22-. The highest BCUT2D eigenvalue weighted by Crippen LogP contribution is 2.13. The van der Waals surface area contributed by atoms with Gasteiger partial charge in [-0.1, -0.05) is 177 Å². The molecule has 1 unspecified atom stereocenters. The maximum Gasteiger partial charge on any atom is 0.306 e. The van der Waals surface area contributed by atoms with E-state index in [4.69, 9.17) is 14.2 Å². The Kier molecular flexibility index (Phi) is 42.1. The van der Waals surface area contributed by atoms with Gasteiger partial charge in [-0.2, -0.15) is 0 Å². The molecule has 0 amide bonds. The van der Waals surface area contributed by atoms with Crippen LogP contribution in [0.5, 0.6) is 0 Å². The fourth-order valence-corrected chi connectivity index (χ4v) is 6.00. The molecule has 0 fully saturated rings. The fraction of sp³-hybridized carbons (Fsp3) is 0.700. The van der Waals surface area contributed by atoms with Crippen molar-refractivity contribution in [3.63, 3.8) is 0 Å². The molecule has 0 aliphatic carbocycles. The Morgan fingerprint density at radius 1 is 0.375 bits per heavy atom. The van der Waals surface area contributed by atoms with Crippen LogP contribution in [0.4, 0.5) is 0 Å². The second-order valence-electron chi connectivity index (χ2n) is 15.0. The zero-order valence-corrected chi connectivity index (χ0v) is 36.4. The summed E-state index contributed by atoms with van der Waals surface area (Å²) in [6.07, 6.45) is 54.5. The first-order valence-corrected chi connectivity index (χ1v) is 23.0. The summed E-state index contributed by atoms with van der Waals surface area (Å²) in [5, 5.41) is 0. The summed E-state index contributed by atoms with van der Waals surface area (Å²) in [6, 6.07) is 0. The fourth-order valence-electron chi connectivity index (χ4n) is 6.00. The van der Waals surface area contributed by atoms with Crippen LogP contribution in [-0.4, -0.2) is 37.2 Å². The first kappa shape index (κ1) is 52.9. The minimum absolute atomic E-state index is 0.0946. The second kappa shape index (κ2) is 44.6. The van der Waals surface area contributed by atoms with Gasteiger partial charge in [0.05, 0.1) is 0 Å². The third-order valence-corrected chi connectivity index (χ3v) is 9.50. The molecule has 0 aromatic carbocycles. The van der Waals surface area contributed by atoms with E-state index in [-0.39, 0.29) is 31.1 Å². The summed E-state index contributed by atoms with van der Waals surface area (Å²) < 4.78 is 16.7. The Morgan fingerprint density at radius 2 is 0.732 bits per heavy atom. The third-order valence-electron chi connectivity index (χ3n) is 9.50. The Labute approximate surface area is 344 Å². The molecule has 0 aromatic rings. The number of carbonyl (C=O) groups is 3. The van der Waals surface area contributed by atoms with Crippen LogP contribution in [-0.2, 0) is 28.6 Å². The van der Waals surface area contributed by atoms with Crippen LogP contribution in [0, 0.1) is 0 Å². The molecule has 0 N–H and O–H groups in total. The lowest BCUT2D eigenvalue weighted by Gasteiger charge is -2.18. The summed E-state index contributed by atoms with van der Waals surface area (Å²) in [5.74, 6) is -0.946. The number of hydrogen-bond donors (Lipinski definition) is 0. The maximum atomic E-state index is 12.7. The number of esters is 3. The van der Waals surface area contributed by atoms with Crippen molar-refractivity contribution >= 4 is 17.9 Å². The van der Waals surface area contributed by atoms with Gasteiger partial charge >= 0.3 is 17.9 Å². The average molecular weight is 781 g/mol. The van der Waals surface area contributed by atoms with Crippen LogP contribution >= 0.6 is 0 Å². The number of carbonyl (C=O) groups excluding carboxylic acids is 3. The first-order valence-electron chi connectivity index (χ1n) is 23.0. The molecular formula is C50H84O6. The topological polar surface area (TPSA) is 78.9 Å². The maximum absolute atomic E-state index is 12.7. The van der Waals surface area contributed by atoms with Gasteiger partial charge in [0.2, 0.25) is 0 Å². The van der Waals surface area contributed by atoms with Gasteiger partial charge in [0.25, 0.3) is 0 Å². The van der Waals surface area contributed by atoms with Gasteiger partial charge in [0, 0.05) is 19.3 Å². The molecule has 6 nitrogen and oxygen atoms in total. The van der Waals surface area contributed by atoms with Crippen molar-refractivity contribution in [2.45, 2.75) is 213 Å². The van der Waals surface area contributed by atoms with Crippen LogP contribution in [0.3, 0.4) is 0 Å². The zero-order valence-electron chi connectivity index (χ0n) is 36.4. The van der Waals surface area contributed by atoms with Crippen molar-refractivity contribution in [1.29, 1.82) is 0 Å². The molecule has 320 valence electrons. The number of unbranched alkanes of at least 4 members (excludes halogenated alkanes) is 20. The van der Waals surface area contributed by atoms with Gasteiger partial charge in [-0.25, -0.2) is 0 Å². The molecule has 0 radical (unpaired) electrons. The van der Waals surface area contributed by atoms with Gasteiger partial charge < -0.3 is 14.2 Å². The van der Waals surface area contributed by atoms with Crippen molar-refractivity contribution in [2.24, 2.45) is 0 Å². The molecule has 0 spiro atoms. The number of rotatable bonds is 40. The van der Waals surface area contributed by atoms with Crippen LogP contribution in [0.15, 0.2) is 72.9 Å². The van der Waals surface area contributed by atoms with E-state index >= 15 is 0 Å². The molecule has 0 rings (SSSR count). The Morgan fingerprint density at radius 3 is 1.20 bits per heavy atom. The van der Waals surface area contributed by atoms with Crippen molar-refractivity contribution in [3.8, 4) is 0 Å². The van der Waals surface area contributed by atoms with E-state index < -0.39 is 6.10 Å². The van der Waals surface area contributed by atoms with Crippen LogP contribution < -0.4 is 0 Å². The van der Waals surface area contributed by atoms with E-state index in [1.807, 2.05) is 0 Å². The molecule has 1 atom stereocenters. The largest absolute Gasteiger partial charge is 0.462 e. The molecular weight excluding hydrogens is 697 g/mol. The lowest BCUT2D eigenvalue weighted by molar-refractivity contribution is -0.167. The summed E-state index contributed by atoms with van der Waals surface area (Å²) >= 11 is 0. The first-order chi connectivity index (χ1) is 27.5. The van der Waals surface area contributed by atoms with Gasteiger partial charge in [-0.15, -0.1) is 0 Å². The summed E-state index contributed by atoms with van der Waals surface area (Å²) in [7, 11) is 0. The lowest BCUT2D eigenvalue weighted by atomic mass is 10.1. The quantitative estimate of drug-likeness (QED) is 0.0203. The molecule has 56 heavy (non-hydrogen) atoms. The van der Waals surface area contributed by atoms with Crippen molar-refractivity contribution in [3.05, 3.63) is 72.9 Å². The number of hydrogen-bond acceptors (Lipinski definition) is 6. The minimum atomic E-state index is -0.793. The van der Waals surface area contributed by atoms with E-state index in [2.05, 4.69) is 93.7 Å². The SMILES string of the molecule is CC\C=C/C=C\C=C/CCCCCCCC(=O)OC(COC(=O)CCCCCC/C=C\CCCC)COC(=O)CCCCCCCC/C=C\C=C/CCCCC. The molecule has 0 aliphatic rings. The predicted molar refractivity (Wildman–Crippen MR) is 238 cm³/mol. The normalized spacial score (nSPS) is 12.7. The lowest BCUT2D eigenvalue weighted by Crippen LogP contribution is -2.30. The van der Waals surface area contributed by atoms with E-state index in [0.717, 1.165) is 109 Å². The highest BCUT2D eigenvalue weighted by Gasteiger charge is 2.19. The van der Waals surface area contributed by atoms with E-state index in [9.17, 15) is 14.4 Å². The molecule has 0 saturated heterocycles. The smallest absolute Gasteiger partial charge is 0.306 e. The summed E-state index contributed by atoms with van der Waals surface area (Å²) in [6.45, 7) is 6.37. The molecule has 0 saturated carbocycles. The van der Waals surface area contributed by atoms with Crippen molar-refractivity contribution < 1.29 is 28.6 Å². The van der Waals surface area contributed by atoms with Gasteiger partial charge in [-0.3, -0.25) is 14.4 Å². The zero-order chi connectivity index (χ0) is 40.8. The van der Waals surface area contributed by atoms with E-state index in [0.29, 0.717) is 19.3 Å². The molecule has 0 bridgehead atoms. The van der Waals surface area contributed by atoms with Crippen molar-refractivity contribution in [2.75, 3.05) is 13.2 Å². The van der Waals surface area contributed by atoms with Crippen LogP contribution in [0.1, 0.15) is 207 Å². The summed E-state index contributed by atoms with van der Waals surface area (Å²) in [4.78, 5) is 37.7. The Hall–Kier alpha value is -3.15. The summed E-state index contributed by atoms with van der Waals surface area (Å²) in [5.41, 5.74) is 0.